The standard InChI is InChI=1S/C12H21NO2/c1-12(2,3)15-11(14)13-10-7-8-4-5-9(10)6-8/h8-10H,4-7H2,1-3H3,(H,13,14). The second kappa shape index (κ2) is 3.69. The molecule has 15 heavy (non-hydrogen) atoms. The molecule has 2 fully saturated rings. The first-order valence-corrected chi connectivity index (χ1v) is 5.93. The highest BCUT2D eigenvalue weighted by Crippen LogP contribution is 2.44. The number of nitrogens with one attached hydrogen (secondary N) is 1. The Kier molecular flexibility index (Phi) is 2.65. The minimum Gasteiger partial charge on any atom is -0.444 e. The molecule has 2 rings (SSSR count). The zero-order chi connectivity index (χ0) is 11.1. The van der Waals surface area contributed by atoms with E-state index in [-0.39, 0.29) is 11.7 Å². The molecular formula is C12H21NO2. The van der Waals surface area contributed by atoms with Crippen LogP contribution in [0.2, 0.25) is 0 Å². The highest BCUT2D eigenvalue weighted by atomic mass is 16.6. The van der Waals surface area contributed by atoms with Crippen molar-refractivity contribution in [3.05, 3.63) is 0 Å². The van der Waals surface area contributed by atoms with Gasteiger partial charge in [-0.25, -0.2) is 4.79 Å². The van der Waals surface area contributed by atoms with Crippen LogP contribution in [0.15, 0.2) is 0 Å². The van der Waals surface area contributed by atoms with Crippen molar-refractivity contribution in [3.63, 3.8) is 0 Å². The van der Waals surface area contributed by atoms with Gasteiger partial charge >= 0.3 is 6.09 Å². The molecule has 3 nitrogen and oxygen atoms in total. The summed E-state index contributed by atoms with van der Waals surface area (Å²) in [4.78, 5) is 11.6. The zero-order valence-electron chi connectivity index (χ0n) is 9.88. The van der Waals surface area contributed by atoms with Gasteiger partial charge in [-0.2, -0.15) is 0 Å². The van der Waals surface area contributed by atoms with Crippen LogP contribution >= 0.6 is 0 Å². The molecule has 2 bridgehead atoms. The Morgan fingerprint density at radius 3 is 2.47 bits per heavy atom. The van der Waals surface area contributed by atoms with Crippen LogP contribution in [0.1, 0.15) is 46.5 Å². The van der Waals surface area contributed by atoms with E-state index in [2.05, 4.69) is 5.32 Å². The summed E-state index contributed by atoms with van der Waals surface area (Å²) in [6.45, 7) is 5.69. The van der Waals surface area contributed by atoms with Crippen LogP contribution < -0.4 is 5.32 Å². The van der Waals surface area contributed by atoms with Gasteiger partial charge in [0, 0.05) is 6.04 Å². The number of fused-ring (bicyclic) bond motifs is 2. The summed E-state index contributed by atoms with van der Waals surface area (Å²) in [6, 6.07) is 0.374. The number of hydrogen-bond acceptors (Lipinski definition) is 2. The van der Waals surface area contributed by atoms with Crippen molar-refractivity contribution in [2.75, 3.05) is 0 Å². The molecule has 2 saturated carbocycles. The third kappa shape index (κ3) is 2.64. The first-order valence-electron chi connectivity index (χ1n) is 5.93. The Hall–Kier alpha value is -0.730. The molecule has 2 aliphatic rings. The fraction of sp³-hybridized carbons (Fsp3) is 0.917. The fourth-order valence-corrected chi connectivity index (χ4v) is 2.88. The summed E-state index contributed by atoms with van der Waals surface area (Å²) in [6.07, 6.45) is 4.85. The van der Waals surface area contributed by atoms with Crippen LogP contribution in [0, 0.1) is 11.8 Å². The molecule has 0 heterocycles. The summed E-state index contributed by atoms with van der Waals surface area (Å²) in [5, 5.41) is 3.01. The lowest BCUT2D eigenvalue weighted by Crippen LogP contribution is -2.41. The van der Waals surface area contributed by atoms with Crippen molar-refractivity contribution in [3.8, 4) is 0 Å². The number of amides is 1. The van der Waals surface area contributed by atoms with Crippen LogP contribution in [0.5, 0.6) is 0 Å². The van der Waals surface area contributed by atoms with Crippen LogP contribution in [-0.2, 0) is 4.74 Å². The van der Waals surface area contributed by atoms with E-state index in [1.165, 1.54) is 19.3 Å². The van der Waals surface area contributed by atoms with Gasteiger partial charge in [0.25, 0.3) is 0 Å². The van der Waals surface area contributed by atoms with Gasteiger partial charge in [-0.1, -0.05) is 6.42 Å². The Balaban J connectivity index is 1.80. The average Bonchev–Trinajstić information content (AvgIpc) is 2.60. The Bertz CT molecular complexity index is 257. The van der Waals surface area contributed by atoms with Gasteiger partial charge in [-0.3, -0.25) is 0 Å². The number of carbonyl (C=O) groups excluding carboxylic acids is 1. The number of ether oxygens (including phenoxy) is 1. The normalized spacial score (nSPS) is 34.2. The van der Waals surface area contributed by atoms with Gasteiger partial charge in [0.15, 0.2) is 0 Å². The van der Waals surface area contributed by atoms with Crippen molar-refractivity contribution in [1.82, 2.24) is 5.32 Å². The molecule has 1 amide bonds. The molecule has 0 saturated heterocycles. The monoisotopic (exact) mass is 211 g/mol. The predicted octanol–water partition coefficient (Wildman–Crippen LogP) is 2.70. The van der Waals surface area contributed by atoms with Gasteiger partial charge in [0.05, 0.1) is 0 Å². The maximum absolute atomic E-state index is 11.6. The fourth-order valence-electron chi connectivity index (χ4n) is 2.88. The SMILES string of the molecule is CC(C)(C)OC(=O)NC1CC2CCC1C2. The molecule has 0 aromatic rings. The number of hydrogen-bond donors (Lipinski definition) is 1. The molecule has 0 spiro atoms. The maximum atomic E-state index is 11.6. The summed E-state index contributed by atoms with van der Waals surface area (Å²) < 4.78 is 5.26. The molecular weight excluding hydrogens is 190 g/mol. The summed E-state index contributed by atoms with van der Waals surface area (Å²) >= 11 is 0. The Morgan fingerprint density at radius 2 is 2.00 bits per heavy atom. The molecule has 86 valence electrons. The Morgan fingerprint density at radius 1 is 1.27 bits per heavy atom. The lowest BCUT2D eigenvalue weighted by atomic mass is 9.96. The van der Waals surface area contributed by atoms with Crippen LogP contribution in [-0.4, -0.2) is 17.7 Å². The van der Waals surface area contributed by atoms with Gasteiger partial charge in [0.2, 0.25) is 0 Å². The highest BCUT2D eigenvalue weighted by Gasteiger charge is 2.40. The van der Waals surface area contributed by atoms with Crippen molar-refractivity contribution >= 4 is 6.09 Å². The van der Waals surface area contributed by atoms with Crippen LogP contribution in [0.25, 0.3) is 0 Å². The highest BCUT2D eigenvalue weighted by molar-refractivity contribution is 5.68. The van der Waals surface area contributed by atoms with E-state index in [9.17, 15) is 4.79 Å². The predicted molar refractivity (Wildman–Crippen MR) is 58.6 cm³/mol. The van der Waals surface area contributed by atoms with Crippen molar-refractivity contribution < 1.29 is 9.53 Å². The summed E-state index contributed by atoms with van der Waals surface area (Å²) in [7, 11) is 0. The van der Waals surface area contributed by atoms with E-state index < -0.39 is 0 Å². The van der Waals surface area contributed by atoms with E-state index in [1.807, 2.05) is 20.8 Å². The van der Waals surface area contributed by atoms with Crippen molar-refractivity contribution in [1.29, 1.82) is 0 Å². The van der Waals surface area contributed by atoms with E-state index in [0.29, 0.717) is 12.0 Å². The van der Waals surface area contributed by atoms with Gasteiger partial charge in [0.1, 0.15) is 5.60 Å². The van der Waals surface area contributed by atoms with E-state index in [4.69, 9.17) is 4.74 Å². The third-order valence-electron chi connectivity index (χ3n) is 3.44. The van der Waals surface area contributed by atoms with Gasteiger partial charge in [-0.15, -0.1) is 0 Å². The quantitative estimate of drug-likeness (QED) is 0.724. The zero-order valence-corrected chi connectivity index (χ0v) is 9.88. The van der Waals surface area contributed by atoms with E-state index >= 15 is 0 Å². The minimum absolute atomic E-state index is 0.250. The molecule has 3 atom stereocenters. The minimum atomic E-state index is -0.387. The lowest BCUT2D eigenvalue weighted by Gasteiger charge is -2.25. The molecule has 3 unspecified atom stereocenters. The molecule has 0 radical (unpaired) electrons. The third-order valence-corrected chi connectivity index (χ3v) is 3.44. The molecule has 0 aromatic carbocycles. The molecule has 0 aromatic heterocycles. The van der Waals surface area contributed by atoms with Crippen molar-refractivity contribution in [2.24, 2.45) is 11.8 Å². The molecule has 2 aliphatic carbocycles. The second-order valence-electron chi connectivity index (χ2n) is 5.93. The maximum Gasteiger partial charge on any atom is 0.407 e. The molecule has 3 heteroatoms. The summed E-state index contributed by atoms with van der Waals surface area (Å²) in [5.74, 6) is 1.57. The average molecular weight is 211 g/mol. The smallest absolute Gasteiger partial charge is 0.407 e. The summed E-state index contributed by atoms with van der Waals surface area (Å²) in [5.41, 5.74) is -0.387. The van der Waals surface area contributed by atoms with Crippen LogP contribution in [0.3, 0.4) is 0 Å². The van der Waals surface area contributed by atoms with E-state index in [0.717, 1.165) is 12.3 Å². The first kappa shape index (κ1) is 10.8. The number of alkyl carbamates (subject to hydrolysis) is 1. The number of rotatable bonds is 1. The second-order valence-corrected chi connectivity index (χ2v) is 5.93. The lowest BCUT2D eigenvalue weighted by molar-refractivity contribution is 0.0487. The van der Waals surface area contributed by atoms with Gasteiger partial charge < -0.3 is 10.1 Å². The van der Waals surface area contributed by atoms with Crippen molar-refractivity contribution in [2.45, 2.75) is 58.1 Å². The van der Waals surface area contributed by atoms with Crippen LogP contribution in [0.4, 0.5) is 4.79 Å². The Labute approximate surface area is 91.6 Å². The van der Waals surface area contributed by atoms with Gasteiger partial charge in [-0.05, 0) is 51.9 Å². The molecule has 0 aliphatic heterocycles. The topological polar surface area (TPSA) is 38.3 Å². The first-order chi connectivity index (χ1) is 6.94. The molecule has 1 N–H and O–H groups in total. The largest absolute Gasteiger partial charge is 0.444 e. The van der Waals surface area contributed by atoms with E-state index in [1.54, 1.807) is 0 Å². The number of carbonyl (C=O) groups is 1.